The van der Waals surface area contributed by atoms with Crippen molar-refractivity contribution >= 4 is 11.8 Å². The Morgan fingerprint density at radius 3 is 2.21 bits per heavy atom. The molecule has 0 amide bonds. The van der Waals surface area contributed by atoms with Gasteiger partial charge in [-0.25, -0.2) is 4.79 Å². The lowest BCUT2D eigenvalue weighted by atomic mass is 9.84. The van der Waals surface area contributed by atoms with Crippen LogP contribution < -0.4 is 0 Å². The van der Waals surface area contributed by atoms with E-state index in [4.69, 9.17) is 23.7 Å². The van der Waals surface area contributed by atoms with Crippen molar-refractivity contribution < 1.29 is 53.7 Å². The number of esters is 1. The largest absolute Gasteiger partial charge is 0.459 e. The van der Waals surface area contributed by atoms with Gasteiger partial charge in [-0.2, -0.15) is 0 Å². The third-order valence-corrected chi connectivity index (χ3v) is 9.53. The van der Waals surface area contributed by atoms with Crippen molar-refractivity contribution in [2.45, 2.75) is 128 Å². The van der Waals surface area contributed by atoms with E-state index in [0.717, 1.165) is 0 Å². The summed E-state index contributed by atoms with van der Waals surface area (Å²) in [6.07, 6.45) is 2.12. The van der Waals surface area contributed by atoms with Gasteiger partial charge in [-0.05, 0) is 59.2 Å². The van der Waals surface area contributed by atoms with Crippen molar-refractivity contribution in [2.24, 2.45) is 23.7 Å². The van der Waals surface area contributed by atoms with Gasteiger partial charge < -0.3 is 49.0 Å². The fraction of sp³-hybridized carbons (Fsp3) is 0.771. The fourth-order valence-electron chi connectivity index (χ4n) is 6.56. The average molecular weight is 668 g/mol. The van der Waals surface area contributed by atoms with Gasteiger partial charge in [-0.3, -0.25) is 4.79 Å². The number of allylic oxidation sites excluding steroid dienone is 3. The summed E-state index contributed by atoms with van der Waals surface area (Å²) in [7, 11) is 3.82. The van der Waals surface area contributed by atoms with Gasteiger partial charge >= 0.3 is 5.97 Å². The van der Waals surface area contributed by atoms with Crippen LogP contribution in [0.25, 0.3) is 0 Å². The van der Waals surface area contributed by atoms with Crippen molar-refractivity contribution in [2.75, 3.05) is 20.7 Å². The molecule has 3 aliphatic rings. The summed E-state index contributed by atoms with van der Waals surface area (Å²) >= 11 is 0. The molecule has 0 bridgehead atoms. The van der Waals surface area contributed by atoms with Crippen molar-refractivity contribution in [3.05, 3.63) is 36.5 Å². The minimum Gasteiger partial charge on any atom is -0.459 e. The number of cyclic esters (lactones) is 1. The van der Waals surface area contributed by atoms with E-state index in [1.54, 1.807) is 31.2 Å². The second-order valence-electron chi connectivity index (χ2n) is 13.7. The Bertz CT molecular complexity index is 1100. The fourth-order valence-corrected chi connectivity index (χ4v) is 6.56. The van der Waals surface area contributed by atoms with E-state index in [1.165, 1.54) is 12.2 Å². The van der Waals surface area contributed by atoms with Crippen molar-refractivity contribution in [3.63, 3.8) is 0 Å². The predicted molar refractivity (Wildman–Crippen MR) is 174 cm³/mol. The summed E-state index contributed by atoms with van der Waals surface area (Å²) in [6, 6.07) is -0.152. The van der Waals surface area contributed by atoms with Gasteiger partial charge in [0.1, 0.15) is 30.5 Å². The van der Waals surface area contributed by atoms with Gasteiger partial charge in [-0.15, -0.1) is 0 Å². The summed E-state index contributed by atoms with van der Waals surface area (Å²) in [5, 5.41) is 41.8. The van der Waals surface area contributed by atoms with Crippen LogP contribution in [0.3, 0.4) is 0 Å². The molecule has 268 valence electrons. The molecule has 15 atom stereocenters. The number of aliphatic hydroxyl groups excluding tert-OH is 4. The lowest BCUT2D eigenvalue weighted by Gasteiger charge is -2.43. The Hall–Kier alpha value is -2.00. The van der Waals surface area contributed by atoms with Gasteiger partial charge in [0.05, 0.1) is 24.9 Å². The third-order valence-electron chi connectivity index (χ3n) is 9.53. The number of nitrogens with zero attached hydrogens (tertiary/aromatic N) is 1. The first-order chi connectivity index (χ1) is 22.1. The highest BCUT2D eigenvalue weighted by molar-refractivity contribution is 5.91. The lowest BCUT2D eigenvalue weighted by Crippen LogP contribution is -2.57. The number of likely N-dealkylation sites (N-methyl/N-ethyl adjacent to an activating group) is 1. The lowest BCUT2D eigenvalue weighted by molar-refractivity contribution is -0.295. The molecule has 0 aromatic carbocycles. The van der Waals surface area contributed by atoms with Crippen molar-refractivity contribution in [1.29, 1.82) is 0 Å². The Kier molecular flexibility index (Phi) is 15.2. The number of rotatable bonds is 7. The van der Waals surface area contributed by atoms with Crippen LogP contribution in [0.5, 0.6) is 0 Å². The molecule has 0 saturated carbocycles. The van der Waals surface area contributed by atoms with Crippen LogP contribution >= 0.6 is 0 Å². The molecular weight excluding hydrogens is 610 g/mol. The number of ketones is 1. The summed E-state index contributed by atoms with van der Waals surface area (Å²) < 4.78 is 29.8. The van der Waals surface area contributed by atoms with E-state index in [-0.39, 0.29) is 42.3 Å². The second-order valence-corrected chi connectivity index (χ2v) is 13.7. The monoisotopic (exact) mass is 667 g/mol. The first-order valence-electron chi connectivity index (χ1n) is 16.9. The quantitative estimate of drug-likeness (QED) is 0.293. The molecule has 0 aliphatic carbocycles. The Labute approximate surface area is 279 Å². The van der Waals surface area contributed by atoms with Gasteiger partial charge in [-0.1, -0.05) is 52.0 Å². The minimum atomic E-state index is -1.47. The molecule has 12 heteroatoms. The second kappa shape index (κ2) is 18.1. The van der Waals surface area contributed by atoms with E-state index < -0.39 is 67.2 Å². The highest BCUT2D eigenvalue weighted by Gasteiger charge is 2.43. The smallest absolute Gasteiger partial charge is 0.330 e. The first kappa shape index (κ1) is 39.4. The number of hydrogen-bond acceptors (Lipinski definition) is 12. The normalized spacial score (nSPS) is 44.9. The standard InChI is InChI=1S/C35H57NO11/c1-9-27-24(18-43-34-32(42)31(41)29(39)23(6)45-34)12-10-11-13-26(37)20(3)16-21(4)33(19(2)14-15-28(38)46-27)47-35-30(40)25(36(7)8)17-22(5)44-35/h10-15,19-25,27,29-35,39-42H,9,16-18H2,1-8H3/b12-10-,13-11+,15-14+/t19-,20+,21-,22+,23-,24+,25+,27+,29-,30+,31+,32+,33+,34-,35-/m1/s1. The van der Waals surface area contributed by atoms with Gasteiger partial charge in [0.25, 0.3) is 0 Å². The van der Waals surface area contributed by atoms with Crippen LogP contribution in [0.4, 0.5) is 0 Å². The summed E-state index contributed by atoms with van der Waals surface area (Å²) in [4.78, 5) is 28.2. The summed E-state index contributed by atoms with van der Waals surface area (Å²) in [5.41, 5.74) is 0. The van der Waals surface area contributed by atoms with Crippen LogP contribution in [-0.4, -0.2) is 125 Å². The molecule has 3 rings (SSSR count). The zero-order valence-electron chi connectivity index (χ0n) is 29.0. The number of carbonyl (C=O) groups is 2. The predicted octanol–water partition coefficient (Wildman–Crippen LogP) is 2.13. The molecule has 12 nitrogen and oxygen atoms in total. The average Bonchev–Trinajstić information content (AvgIpc) is 3.02. The molecule has 0 aromatic rings. The van der Waals surface area contributed by atoms with E-state index in [0.29, 0.717) is 19.3 Å². The molecule has 3 aliphatic heterocycles. The van der Waals surface area contributed by atoms with Gasteiger partial charge in [0, 0.05) is 29.9 Å². The van der Waals surface area contributed by atoms with Crippen molar-refractivity contribution in [1.82, 2.24) is 4.90 Å². The highest BCUT2D eigenvalue weighted by atomic mass is 16.7. The van der Waals surface area contributed by atoms with Crippen LogP contribution in [0, 0.1) is 23.7 Å². The van der Waals surface area contributed by atoms with E-state index in [1.807, 2.05) is 53.6 Å². The molecule has 0 spiro atoms. The van der Waals surface area contributed by atoms with Crippen LogP contribution in [0.1, 0.15) is 60.8 Å². The van der Waals surface area contributed by atoms with E-state index in [9.17, 15) is 30.0 Å². The molecule has 47 heavy (non-hydrogen) atoms. The Morgan fingerprint density at radius 2 is 1.55 bits per heavy atom. The molecule has 0 unspecified atom stereocenters. The number of carbonyl (C=O) groups excluding carboxylic acids is 2. The van der Waals surface area contributed by atoms with Crippen molar-refractivity contribution in [3.8, 4) is 0 Å². The van der Waals surface area contributed by atoms with E-state index in [2.05, 4.69) is 0 Å². The Morgan fingerprint density at radius 1 is 0.851 bits per heavy atom. The molecule has 0 aromatic heterocycles. The van der Waals surface area contributed by atoms with Crippen LogP contribution in [-0.2, 0) is 33.3 Å². The summed E-state index contributed by atoms with van der Waals surface area (Å²) in [5.74, 6) is -1.87. The molecule has 3 heterocycles. The number of ether oxygens (including phenoxy) is 5. The number of hydrogen-bond donors (Lipinski definition) is 4. The molecule has 2 saturated heterocycles. The minimum absolute atomic E-state index is 0.0403. The SMILES string of the molecule is CC[C@@H]1OC(=O)/C=C/[C@@H](C)[C@H](O[C@H]2O[C@@H](C)C[C@H](N(C)C)[C@@H]2O)[C@H](C)C[C@H](C)C(=O)/C=C/C=C\[C@H]1CO[C@@H]1O[C@H](C)[C@@H](O)[C@H](O)[C@@H]1O. The maximum Gasteiger partial charge on any atom is 0.330 e. The molecule has 2 fully saturated rings. The van der Waals surface area contributed by atoms with Gasteiger partial charge in [0.2, 0.25) is 0 Å². The zero-order chi connectivity index (χ0) is 35.0. The summed E-state index contributed by atoms with van der Waals surface area (Å²) in [6.45, 7) is 11.1. The molecule has 4 N–H and O–H groups in total. The zero-order valence-corrected chi connectivity index (χ0v) is 29.0. The van der Waals surface area contributed by atoms with Gasteiger partial charge in [0.15, 0.2) is 18.4 Å². The topological polar surface area (TPSA) is 164 Å². The third kappa shape index (κ3) is 10.7. The van der Waals surface area contributed by atoms with E-state index >= 15 is 0 Å². The first-order valence-corrected chi connectivity index (χ1v) is 16.9. The number of aliphatic hydroxyl groups is 4. The highest BCUT2D eigenvalue weighted by Crippen LogP contribution is 2.31. The van der Waals surface area contributed by atoms with Crippen LogP contribution in [0.15, 0.2) is 36.5 Å². The van der Waals surface area contributed by atoms with Crippen LogP contribution in [0.2, 0.25) is 0 Å². The maximum absolute atomic E-state index is 13.1. The maximum atomic E-state index is 13.1. The molecular formula is C35H57NO11. The molecule has 0 radical (unpaired) electrons. The Balaban J connectivity index is 1.84.